The second-order valence-corrected chi connectivity index (χ2v) is 12.4. The summed E-state index contributed by atoms with van der Waals surface area (Å²) in [6, 6.07) is 29.5. The third kappa shape index (κ3) is 9.42. The molecular weight excluding hydrogens is 723 g/mol. The molecule has 0 aliphatic carbocycles. The maximum absolute atomic E-state index is 13.5. The summed E-state index contributed by atoms with van der Waals surface area (Å²) in [4.78, 5) is 22.3. The van der Waals surface area contributed by atoms with Crippen LogP contribution in [-0.2, 0) is 10.1 Å². The van der Waals surface area contributed by atoms with Crippen LogP contribution in [0.25, 0.3) is 21.5 Å². The number of pyridine rings is 1. The number of amides is 1. The Labute approximate surface area is 327 Å². The molecule has 5 aromatic rings. The molecule has 232 valence electrons. The minimum absolute atomic E-state index is 0. The number of carbonyl (C=O) groups excluding carboxylic acids is 1. The molecule has 0 spiro atoms. The van der Waals surface area contributed by atoms with Crippen LogP contribution in [0.3, 0.4) is 0 Å². The number of hydrogen-bond donors (Lipinski definition) is 2. The van der Waals surface area contributed by atoms with Crippen molar-refractivity contribution in [3.05, 3.63) is 120 Å². The van der Waals surface area contributed by atoms with Crippen molar-refractivity contribution in [3.63, 3.8) is 0 Å². The van der Waals surface area contributed by atoms with Crippen molar-refractivity contribution in [1.29, 1.82) is 0 Å². The maximum atomic E-state index is 13.5. The summed E-state index contributed by atoms with van der Waals surface area (Å²) in [6.45, 7) is 3.81. The molecule has 0 fully saturated rings. The molecule has 0 radical (unpaired) electrons. The Hall–Kier alpha value is -2.75. The number of ether oxygens (including phenoxy) is 1. The SMILES string of the molecule is C[C@H](N=C([O-])c1cc(OCCCCS(=O)(=O)O)cc(C(=O)N[C@@H](C)c2cccc3ccccc23)n1)c1cccc2ccccc12.[Cs+]. The summed E-state index contributed by atoms with van der Waals surface area (Å²) in [7, 11) is -4.08. The van der Waals surface area contributed by atoms with Gasteiger partial charge in [0.05, 0.1) is 30.1 Å². The van der Waals surface area contributed by atoms with Crippen LogP contribution in [0, 0.1) is 0 Å². The number of fused-ring (bicyclic) bond motifs is 2. The van der Waals surface area contributed by atoms with Crippen LogP contribution in [0.15, 0.2) is 102 Å². The number of aromatic nitrogens is 1. The van der Waals surface area contributed by atoms with Crippen molar-refractivity contribution in [2.75, 3.05) is 12.4 Å². The summed E-state index contributed by atoms with van der Waals surface area (Å²) in [6.07, 6.45) is 0.511. The van der Waals surface area contributed by atoms with Gasteiger partial charge >= 0.3 is 68.9 Å². The molecule has 0 aliphatic rings. The number of aliphatic imine (C=N–C) groups is 1. The second kappa shape index (κ2) is 16.4. The number of carbonyl (C=O) groups is 1. The molecule has 5 rings (SSSR count). The molecule has 11 heteroatoms. The summed E-state index contributed by atoms with van der Waals surface area (Å²) < 4.78 is 36.9. The van der Waals surface area contributed by atoms with Gasteiger partial charge in [-0.25, -0.2) is 4.98 Å². The predicted octanol–water partition coefficient (Wildman–Crippen LogP) is 2.80. The van der Waals surface area contributed by atoms with Crippen molar-refractivity contribution in [3.8, 4) is 5.75 Å². The van der Waals surface area contributed by atoms with Gasteiger partial charge in [0, 0.05) is 18.0 Å². The average molecular weight is 758 g/mol. The molecule has 0 aliphatic heterocycles. The van der Waals surface area contributed by atoms with Crippen molar-refractivity contribution in [2.24, 2.45) is 4.99 Å². The molecule has 46 heavy (non-hydrogen) atoms. The Morgan fingerprint density at radius 2 is 1.43 bits per heavy atom. The van der Waals surface area contributed by atoms with Gasteiger partial charge in [-0.1, -0.05) is 84.9 Å². The minimum atomic E-state index is -4.08. The number of benzene rings is 4. The topological polar surface area (TPSA) is 141 Å². The summed E-state index contributed by atoms with van der Waals surface area (Å²) in [5.41, 5.74) is 1.74. The zero-order chi connectivity index (χ0) is 32.0. The number of nitrogens with zero attached hydrogens (tertiary/aromatic N) is 2. The van der Waals surface area contributed by atoms with Crippen LogP contribution in [-0.4, -0.2) is 42.1 Å². The number of hydrogen-bond acceptors (Lipinski definition) is 7. The molecule has 0 bridgehead atoms. The van der Waals surface area contributed by atoms with Gasteiger partial charge in [-0.3, -0.25) is 14.3 Å². The van der Waals surface area contributed by atoms with Gasteiger partial charge in [-0.2, -0.15) is 8.42 Å². The molecule has 2 N–H and O–H groups in total. The molecule has 0 unspecified atom stereocenters. The summed E-state index contributed by atoms with van der Waals surface area (Å²) >= 11 is 0. The van der Waals surface area contributed by atoms with Crippen LogP contribution in [0.4, 0.5) is 0 Å². The maximum Gasteiger partial charge on any atom is 1.00 e. The Morgan fingerprint density at radius 3 is 2.09 bits per heavy atom. The fourth-order valence-electron chi connectivity index (χ4n) is 5.29. The Morgan fingerprint density at radius 1 is 0.870 bits per heavy atom. The van der Waals surface area contributed by atoms with E-state index in [2.05, 4.69) is 15.3 Å². The van der Waals surface area contributed by atoms with Gasteiger partial charge in [0.1, 0.15) is 11.4 Å². The van der Waals surface area contributed by atoms with E-state index < -0.39 is 28.0 Å². The summed E-state index contributed by atoms with van der Waals surface area (Å²) in [5, 5.41) is 20.5. The monoisotopic (exact) mass is 757 g/mol. The largest absolute Gasteiger partial charge is 1.00 e. The van der Waals surface area contributed by atoms with E-state index in [9.17, 15) is 18.3 Å². The van der Waals surface area contributed by atoms with E-state index in [-0.39, 0.29) is 111 Å². The van der Waals surface area contributed by atoms with Crippen molar-refractivity contribution >= 4 is 43.5 Å². The molecule has 1 heterocycles. The first-order chi connectivity index (χ1) is 21.6. The smallest absolute Gasteiger partial charge is 0.857 e. The predicted molar refractivity (Wildman–Crippen MR) is 174 cm³/mol. The summed E-state index contributed by atoms with van der Waals surface area (Å²) in [5.74, 6) is -1.27. The van der Waals surface area contributed by atoms with Crippen LogP contribution < -0.4 is 84.1 Å². The zero-order valence-electron chi connectivity index (χ0n) is 26.0. The van der Waals surface area contributed by atoms with Crippen molar-refractivity contribution in [1.82, 2.24) is 10.3 Å². The first-order valence-electron chi connectivity index (χ1n) is 14.7. The van der Waals surface area contributed by atoms with E-state index in [1.165, 1.54) is 12.1 Å². The minimum Gasteiger partial charge on any atom is -0.857 e. The zero-order valence-corrected chi connectivity index (χ0v) is 33.1. The average Bonchev–Trinajstić information content (AvgIpc) is 3.03. The van der Waals surface area contributed by atoms with Crippen LogP contribution in [0.1, 0.15) is 66.1 Å². The molecule has 1 aromatic heterocycles. The van der Waals surface area contributed by atoms with Gasteiger partial charge in [-0.05, 0) is 59.4 Å². The molecule has 2 atom stereocenters. The van der Waals surface area contributed by atoms with Crippen LogP contribution in [0.5, 0.6) is 5.75 Å². The number of rotatable bonds is 12. The Balaban J connectivity index is 0.00000480. The van der Waals surface area contributed by atoms with Crippen LogP contribution >= 0.6 is 0 Å². The van der Waals surface area contributed by atoms with Crippen LogP contribution in [0.2, 0.25) is 0 Å². The number of unbranched alkanes of at least 4 members (excludes halogenated alkanes) is 1. The molecule has 0 saturated carbocycles. The van der Waals surface area contributed by atoms with Gasteiger partial charge in [-0.15, -0.1) is 0 Å². The standard InChI is InChI=1S/C35H35N3O6S.Cs/c1-23(28-17-9-13-25-11-3-5-15-30(25)28)36-34(39)32-21-27(44-19-7-8-20-45(41,42)43)22-33(38-32)35(40)37-24(2)29-18-10-14-26-12-4-6-16-31(26)29;/h3-6,9-18,21-24H,7-8,19-20H2,1-2H3,(H,36,39)(H,37,40)(H,41,42,43);/q;+1/p-1/t23-,24-;/m0./s1. The van der Waals surface area contributed by atoms with E-state index >= 15 is 0 Å². The first-order valence-corrected chi connectivity index (χ1v) is 16.3. The quantitative estimate of drug-likeness (QED) is 0.0864. The van der Waals surface area contributed by atoms with E-state index in [0.29, 0.717) is 6.42 Å². The van der Waals surface area contributed by atoms with E-state index in [1.807, 2.05) is 98.8 Å². The van der Waals surface area contributed by atoms with Gasteiger partial charge in [0.15, 0.2) is 0 Å². The molecule has 9 nitrogen and oxygen atoms in total. The fraction of sp³-hybridized carbons (Fsp3) is 0.229. The van der Waals surface area contributed by atoms with E-state index in [4.69, 9.17) is 9.29 Å². The van der Waals surface area contributed by atoms with Gasteiger partial charge < -0.3 is 15.2 Å². The van der Waals surface area contributed by atoms with Crippen molar-refractivity contribution < 1.29 is 96.5 Å². The molecule has 1 amide bonds. The third-order valence-corrected chi connectivity index (χ3v) is 8.34. The number of nitrogens with one attached hydrogen (secondary N) is 1. The van der Waals surface area contributed by atoms with Gasteiger partial charge in [0.25, 0.3) is 16.0 Å². The molecular formula is C35H34CsN3O6S. The van der Waals surface area contributed by atoms with E-state index in [0.717, 1.165) is 32.7 Å². The molecule has 0 saturated heterocycles. The van der Waals surface area contributed by atoms with Crippen molar-refractivity contribution in [2.45, 2.75) is 38.8 Å². The Kier molecular flexibility index (Phi) is 12.9. The van der Waals surface area contributed by atoms with Gasteiger partial charge in [0.2, 0.25) is 0 Å². The molecule has 4 aromatic carbocycles. The normalized spacial score (nSPS) is 13.2. The first kappa shape index (κ1) is 36.1. The van der Waals surface area contributed by atoms with E-state index in [1.54, 1.807) is 0 Å². The Bertz CT molecular complexity index is 1970. The third-order valence-electron chi connectivity index (χ3n) is 7.54. The fourth-order valence-corrected chi connectivity index (χ4v) is 5.86. The second-order valence-electron chi connectivity index (χ2n) is 10.9.